The van der Waals surface area contributed by atoms with Crippen molar-refractivity contribution in [2.24, 2.45) is 0 Å². The second-order valence-electron chi connectivity index (χ2n) is 4.30. The van der Waals surface area contributed by atoms with Crippen LogP contribution in [0.25, 0.3) is 4.96 Å². The first kappa shape index (κ1) is 14.5. The number of fused-ring (bicyclic) bond motifs is 1. The molecule has 0 fully saturated rings. The SMILES string of the molecule is O=c1cc(COc2ccc(Cl)cc2[N+](=O)[O-])nc2sccn12. The summed E-state index contributed by atoms with van der Waals surface area (Å²) in [5.41, 5.74) is -0.0615. The van der Waals surface area contributed by atoms with Crippen LogP contribution in [0.5, 0.6) is 5.75 Å². The highest BCUT2D eigenvalue weighted by atomic mass is 35.5. The molecular formula is C13H8ClN3O4S. The third-order valence-electron chi connectivity index (χ3n) is 2.85. The number of hydrogen-bond donors (Lipinski definition) is 0. The Labute approximate surface area is 132 Å². The predicted molar refractivity (Wildman–Crippen MR) is 81.8 cm³/mol. The van der Waals surface area contributed by atoms with E-state index in [2.05, 4.69) is 4.98 Å². The lowest BCUT2D eigenvalue weighted by molar-refractivity contribution is -0.385. The molecule has 0 saturated heterocycles. The van der Waals surface area contributed by atoms with Gasteiger partial charge >= 0.3 is 5.69 Å². The Morgan fingerprint density at radius 1 is 1.41 bits per heavy atom. The summed E-state index contributed by atoms with van der Waals surface area (Å²) in [6.07, 6.45) is 1.63. The largest absolute Gasteiger partial charge is 0.480 e. The van der Waals surface area contributed by atoms with E-state index >= 15 is 0 Å². The molecule has 3 aromatic rings. The van der Waals surface area contributed by atoms with Crippen LogP contribution in [0.15, 0.2) is 40.6 Å². The molecular weight excluding hydrogens is 330 g/mol. The summed E-state index contributed by atoms with van der Waals surface area (Å²) in [4.78, 5) is 27.0. The molecule has 0 aliphatic heterocycles. The first-order chi connectivity index (χ1) is 10.5. The molecule has 112 valence electrons. The maximum Gasteiger partial charge on any atom is 0.312 e. The van der Waals surface area contributed by atoms with Gasteiger partial charge in [0.15, 0.2) is 10.7 Å². The summed E-state index contributed by atoms with van der Waals surface area (Å²) < 4.78 is 6.83. The molecule has 7 nitrogen and oxygen atoms in total. The van der Waals surface area contributed by atoms with Gasteiger partial charge < -0.3 is 4.74 Å². The van der Waals surface area contributed by atoms with Gasteiger partial charge in [0.1, 0.15) is 6.61 Å². The van der Waals surface area contributed by atoms with Crippen LogP contribution >= 0.6 is 22.9 Å². The molecule has 0 bridgehead atoms. The summed E-state index contributed by atoms with van der Waals surface area (Å²) in [6, 6.07) is 5.45. The smallest absolute Gasteiger partial charge is 0.312 e. The van der Waals surface area contributed by atoms with Gasteiger partial charge in [-0.1, -0.05) is 11.6 Å². The zero-order chi connectivity index (χ0) is 15.7. The minimum atomic E-state index is -0.577. The molecule has 0 atom stereocenters. The minimum absolute atomic E-state index is 0.0495. The average molecular weight is 338 g/mol. The van der Waals surface area contributed by atoms with Crippen LogP contribution in [0.4, 0.5) is 5.69 Å². The molecule has 9 heteroatoms. The highest BCUT2D eigenvalue weighted by Crippen LogP contribution is 2.30. The van der Waals surface area contributed by atoms with E-state index in [9.17, 15) is 14.9 Å². The van der Waals surface area contributed by atoms with Crippen LogP contribution in [0.3, 0.4) is 0 Å². The Bertz CT molecular complexity index is 921. The number of rotatable bonds is 4. The Balaban J connectivity index is 1.88. The van der Waals surface area contributed by atoms with Crippen molar-refractivity contribution in [3.05, 3.63) is 67.0 Å². The lowest BCUT2D eigenvalue weighted by Gasteiger charge is -2.06. The molecule has 0 N–H and O–H groups in total. The molecule has 3 rings (SSSR count). The van der Waals surface area contributed by atoms with Gasteiger partial charge in [0.05, 0.1) is 10.6 Å². The van der Waals surface area contributed by atoms with Crippen LogP contribution in [-0.2, 0) is 6.61 Å². The molecule has 2 heterocycles. The van der Waals surface area contributed by atoms with E-state index in [1.807, 2.05) is 0 Å². The van der Waals surface area contributed by atoms with Gasteiger partial charge in [-0.25, -0.2) is 4.98 Å². The second kappa shape index (κ2) is 5.74. The van der Waals surface area contributed by atoms with Crippen molar-refractivity contribution in [1.29, 1.82) is 0 Å². The standard InChI is InChI=1S/C13H8ClN3O4S/c14-8-1-2-11(10(5-8)17(19)20)21-7-9-6-12(18)16-3-4-22-13(16)15-9/h1-6H,7H2. The topological polar surface area (TPSA) is 86.7 Å². The molecule has 0 amide bonds. The lowest BCUT2D eigenvalue weighted by Crippen LogP contribution is -2.14. The van der Waals surface area contributed by atoms with Gasteiger partial charge in [-0.15, -0.1) is 11.3 Å². The average Bonchev–Trinajstić information content (AvgIpc) is 2.94. The number of nitro groups is 1. The van der Waals surface area contributed by atoms with E-state index in [4.69, 9.17) is 16.3 Å². The van der Waals surface area contributed by atoms with E-state index in [1.165, 1.54) is 40.0 Å². The van der Waals surface area contributed by atoms with Crippen LogP contribution in [0.1, 0.15) is 5.69 Å². The van der Waals surface area contributed by atoms with Gasteiger partial charge in [-0.2, -0.15) is 0 Å². The Kier molecular flexibility index (Phi) is 3.78. The van der Waals surface area contributed by atoms with Crippen molar-refractivity contribution in [1.82, 2.24) is 9.38 Å². The monoisotopic (exact) mass is 337 g/mol. The summed E-state index contributed by atoms with van der Waals surface area (Å²) in [6.45, 7) is -0.0495. The van der Waals surface area contributed by atoms with Crippen molar-refractivity contribution in [3.63, 3.8) is 0 Å². The van der Waals surface area contributed by atoms with Gasteiger partial charge in [-0.3, -0.25) is 19.3 Å². The van der Waals surface area contributed by atoms with Gasteiger partial charge in [-0.05, 0) is 12.1 Å². The summed E-state index contributed by atoms with van der Waals surface area (Å²) >= 11 is 7.05. The fraction of sp³-hybridized carbons (Fsp3) is 0.0769. The quantitative estimate of drug-likeness (QED) is 0.539. The van der Waals surface area contributed by atoms with E-state index in [1.54, 1.807) is 11.6 Å². The first-order valence-electron chi connectivity index (χ1n) is 6.07. The number of benzene rings is 1. The van der Waals surface area contributed by atoms with E-state index in [0.29, 0.717) is 10.7 Å². The number of ether oxygens (including phenoxy) is 1. The summed E-state index contributed by atoms with van der Waals surface area (Å²) in [5.74, 6) is 0.0718. The van der Waals surface area contributed by atoms with Gasteiger partial charge in [0.25, 0.3) is 5.56 Å². The van der Waals surface area contributed by atoms with Crippen molar-refractivity contribution in [3.8, 4) is 5.75 Å². The molecule has 0 radical (unpaired) electrons. The zero-order valence-electron chi connectivity index (χ0n) is 10.9. The fourth-order valence-electron chi connectivity index (χ4n) is 1.87. The van der Waals surface area contributed by atoms with Crippen molar-refractivity contribution in [2.75, 3.05) is 0 Å². The van der Waals surface area contributed by atoms with E-state index in [-0.39, 0.29) is 28.6 Å². The second-order valence-corrected chi connectivity index (χ2v) is 5.61. The minimum Gasteiger partial charge on any atom is -0.480 e. The molecule has 22 heavy (non-hydrogen) atoms. The first-order valence-corrected chi connectivity index (χ1v) is 7.33. The summed E-state index contributed by atoms with van der Waals surface area (Å²) in [7, 11) is 0. The van der Waals surface area contributed by atoms with Gasteiger partial charge in [0.2, 0.25) is 0 Å². The lowest BCUT2D eigenvalue weighted by atomic mass is 10.3. The number of nitro benzene ring substituents is 1. The highest BCUT2D eigenvalue weighted by molar-refractivity contribution is 7.15. The highest BCUT2D eigenvalue weighted by Gasteiger charge is 2.16. The number of aromatic nitrogens is 2. The number of hydrogen-bond acceptors (Lipinski definition) is 6. The van der Waals surface area contributed by atoms with Crippen LogP contribution in [0.2, 0.25) is 5.02 Å². The van der Waals surface area contributed by atoms with Crippen molar-refractivity contribution >= 4 is 33.6 Å². The summed E-state index contributed by atoms with van der Waals surface area (Å²) in [5, 5.41) is 13.0. The molecule has 1 aromatic carbocycles. The van der Waals surface area contributed by atoms with Crippen molar-refractivity contribution < 1.29 is 9.66 Å². The maximum atomic E-state index is 11.8. The van der Waals surface area contributed by atoms with E-state index in [0.717, 1.165) is 0 Å². The zero-order valence-corrected chi connectivity index (χ0v) is 12.5. The van der Waals surface area contributed by atoms with E-state index < -0.39 is 4.92 Å². The fourth-order valence-corrected chi connectivity index (χ4v) is 2.77. The molecule has 0 aliphatic carbocycles. The number of nitrogens with zero attached hydrogens (tertiary/aromatic N) is 3. The molecule has 0 aliphatic rings. The Morgan fingerprint density at radius 3 is 3.00 bits per heavy atom. The van der Waals surface area contributed by atoms with Crippen LogP contribution in [-0.4, -0.2) is 14.3 Å². The number of thiazole rings is 1. The third-order valence-corrected chi connectivity index (χ3v) is 3.84. The molecule has 0 saturated carbocycles. The van der Waals surface area contributed by atoms with Crippen LogP contribution in [0, 0.1) is 10.1 Å². The maximum absolute atomic E-state index is 11.8. The van der Waals surface area contributed by atoms with Gasteiger partial charge in [0, 0.05) is 28.7 Å². The Hall–Kier alpha value is -2.45. The number of halogens is 1. The molecule has 0 spiro atoms. The Morgan fingerprint density at radius 2 is 2.23 bits per heavy atom. The molecule has 2 aromatic heterocycles. The third kappa shape index (κ3) is 2.78. The van der Waals surface area contributed by atoms with Crippen molar-refractivity contribution in [2.45, 2.75) is 6.61 Å². The molecule has 0 unspecified atom stereocenters. The predicted octanol–water partition coefficient (Wildman–Crippen LogP) is 2.90. The van der Waals surface area contributed by atoms with Crippen LogP contribution < -0.4 is 10.3 Å². The normalized spacial score (nSPS) is 10.8.